The molecule has 1 aliphatic heterocycles. The van der Waals surface area contributed by atoms with Gasteiger partial charge in [0.05, 0.1) is 6.54 Å². The summed E-state index contributed by atoms with van der Waals surface area (Å²) in [5.41, 5.74) is 1.96. The van der Waals surface area contributed by atoms with E-state index in [2.05, 4.69) is 46.0 Å². The van der Waals surface area contributed by atoms with E-state index in [4.69, 9.17) is 4.74 Å². The van der Waals surface area contributed by atoms with E-state index in [1.54, 1.807) is 0 Å². The van der Waals surface area contributed by atoms with E-state index >= 15 is 0 Å². The third-order valence-corrected chi connectivity index (χ3v) is 5.28. The van der Waals surface area contributed by atoms with Gasteiger partial charge in [-0.05, 0) is 57.7 Å². The Kier molecular flexibility index (Phi) is 8.46. The first kappa shape index (κ1) is 22.1. The number of carbonyl (C=O) groups excluding carboxylic acids is 1. The van der Waals surface area contributed by atoms with Crippen LogP contribution >= 0.6 is 15.9 Å². The fourth-order valence-electron chi connectivity index (χ4n) is 3.42. The SMILES string of the molecule is CCCCCCN(Cc1ccc(Br)cc1N1CCCC1)C(=O)OC(C)(C)C. The first-order valence-electron chi connectivity index (χ1n) is 10.3. The fraction of sp³-hybridized carbons (Fsp3) is 0.682. The molecule has 0 aromatic heterocycles. The minimum atomic E-state index is -0.476. The lowest BCUT2D eigenvalue weighted by atomic mass is 10.1. The molecule has 1 amide bonds. The monoisotopic (exact) mass is 438 g/mol. The third kappa shape index (κ3) is 7.36. The zero-order valence-corrected chi connectivity index (χ0v) is 19.0. The van der Waals surface area contributed by atoms with Crippen LogP contribution in [0.2, 0.25) is 0 Å². The van der Waals surface area contributed by atoms with Crippen molar-refractivity contribution in [3.63, 3.8) is 0 Å². The first-order chi connectivity index (χ1) is 12.8. The van der Waals surface area contributed by atoms with Crippen molar-refractivity contribution in [2.75, 3.05) is 24.5 Å². The molecule has 1 heterocycles. The van der Waals surface area contributed by atoms with E-state index in [0.29, 0.717) is 6.54 Å². The molecule has 1 aromatic carbocycles. The summed E-state index contributed by atoms with van der Waals surface area (Å²) >= 11 is 3.61. The summed E-state index contributed by atoms with van der Waals surface area (Å²) in [6.07, 6.45) is 6.82. The van der Waals surface area contributed by atoms with E-state index in [1.165, 1.54) is 36.9 Å². The summed E-state index contributed by atoms with van der Waals surface area (Å²) in [5.74, 6) is 0. The molecule has 1 aliphatic rings. The van der Waals surface area contributed by atoms with E-state index < -0.39 is 5.60 Å². The van der Waals surface area contributed by atoms with Gasteiger partial charge in [0, 0.05) is 29.8 Å². The Hall–Kier alpha value is -1.23. The number of ether oxygens (including phenoxy) is 1. The average molecular weight is 439 g/mol. The Bertz CT molecular complexity index is 607. The molecule has 1 fully saturated rings. The first-order valence-corrected chi connectivity index (χ1v) is 11.1. The molecule has 0 saturated carbocycles. The van der Waals surface area contributed by atoms with Crippen molar-refractivity contribution in [3.05, 3.63) is 28.2 Å². The minimum Gasteiger partial charge on any atom is -0.444 e. The lowest BCUT2D eigenvalue weighted by molar-refractivity contribution is 0.0230. The number of benzene rings is 1. The van der Waals surface area contributed by atoms with Crippen molar-refractivity contribution >= 4 is 27.7 Å². The van der Waals surface area contributed by atoms with Crippen LogP contribution in [0.3, 0.4) is 0 Å². The zero-order chi connectivity index (χ0) is 19.9. The van der Waals surface area contributed by atoms with Gasteiger partial charge in [-0.2, -0.15) is 0 Å². The van der Waals surface area contributed by atoms with Gasteiger partial charge in [0.2, 0.25) is 0 Å². The summed E-state index contributed by atoms with van der Waals surface area (Å²) in [5, 5.41) is 0. The van der Waals surface area contributed by atoms with Gasteiger partial charge < -0.3 is 14.5 Å². The number of unbranched alkanes of at least 4 members (excludes halogenated alkanes) is 3. The largest absolute Gasteiger partial charge is 0.444 e. The molecular weight excluding hydrogens is 404 g/mol. The summed E-state index contributed by atoms with van der Waals surface area (Å²) in [4.78, 5) is 17.1. The van der Waals surface area contributed by atoms with Crippen LogP contribution < -0.4 is 4.90 Å². The van der Waals surface area contributed by atoms with Crippen molar-refractivity contribution in [3.8, 4) is 0 Å². The quantitative estimate of drug-likeness (QED) is 0.442. The second kappa shape index (κ2) is 10.4. The van der Waals surface area contributed by atoms with E-state index in [9.17, 15) is 4.79 Å². The van der Waals surface area contributed by atoms with Crippen LogP contribution in [0.15, 0.2) is 22.7 Å². The molecule has 0 atom stereocenters. The Balaban J connectivity index is 2.16. The number of hydrogen-bond donors (Lipinski definition) is 0. The van der Waals surface area contributed by atoms with Crippen LogP contribution in [0.1, 0.15) is 71.8 Å². The maximum atomic E-state index is 12.8. The number of anilines is 1. The van der Waals surface area contributed by atoms with Gasteiger partial charge in [-0.3, -0.25) is 0 Å². The van der Waals surface area contributed by atoms with Crippen molar-refractivity contribution in [2.45, 2.75) is 78.4 Å². The normalized spacial score (nSPS) is 14.5. The van der Waals surface area contributed by atoms with Crippen molar-refractivity contribution in [2.24, 2.45) is 0 Å². The number of carbonyl (C=O) groups is 1. The molecule has 4 nitrogen and oxygen atoms in total. The van der Waals surface area contributed by atoms with Crippen molar-refractivity contribution in [1.82, 2.24) is 4.90 Å². The van der Waals surface area contributed by atoms with Crippen LogP contribution in [0, 0.1) is 0 Å². The topological polar surface area (TPSA) is 32.8 Å². The Labute approximate surface area is 173 Å². The highest BCUT2D eigenvalue weighted by atomic mass is 79.9. The van der Waals surface area contributed by atoms with E-state index in [-0.39, 0.29) is 6.09 Å². The number of halogens is 1. The zero-order valence-electron chi connectivity index (χ0n) is 17.4. The molecule has 0 aliphatic carbocycles. The van der Waals surface area contributed by atoms with Gasteiger partial charge in [-0.25, -0.2) is 4.79 Å². The van der Waals surface area contributed by atoms with Crippen LogP contribution in [0.4, 0.5) is 10.5 Å². The van der Waals surface area contributed by atoms with Gasteiger partial charge >= 0.3 is 6.09 Å². The van der Waals surface area contributed by atoms with Crippen molar-refractivity contribution in [1.29, 1.82) is 0 Å². The highest BCUT2D eigenvalue weighted by molar-refractivity contribution is 9.10. The van der Waals surface area contributed by atoms with Crippen LogP contribution in [0.25, 0.3) is 0 Å². The van der Waals surface area contributed by atoms with Gasteiger partial charge in [-0.15, -0.1) is 0 Å². The molecule has 0 spiro atoms. The smallest absolute Gasteiger partial charge is 0.410 e. The number of nitrogens with zero attached hydrogens (tertiary/aromatic N) is 2. The summed E-state index contributed by atoms with van der Waals surface area (Å²) in [6, 6.07) is 6.39. The lowest BCUT2D eigenvalue weighted by Gasteiger charge is -2.29. The molecule has 152 valence electrons. The molecule has 0 bridgehead atoms. The number of hydrogen-bond acceptors (Lipinski definition) is 3. The number of rotatable bonds is 8. The highest BCUT2D eigenvalue weighted by Gasteiger charge is 2.24. The molecular formula is C22H35BrN2O2. The minimum absolute atomic E-state index is 0.214. The maximum Gasteiger partial charge on any atom is 0.410 e. The molecule has 27 heavy (non-hydrogen) atoms. The molecule has 0 unspecified atom stereocenters. The van der Waals surface area contributed by atoms with Crippen molar-refractivity contribution < 1.29 is 9.53 Å². The second-order valence-electron chi connectivity index (χ2n) is 8.43. The Morgan fingerprint density at radius 1 is 1.19 bits per heavy atom. The maximum absolute atomic E-state index is 12.8. The molecule has 0 N–H and O–H groups in total. The fourth-order valence-corrected chi connectivity index (χ4v) is 3.77. The Morgan fingerprint density at radius 2 is 1.89 bits per heavy atom. The molecule has 0 radical (unpaired) electrons. The lowest BCUT2D eigenvalue weighted by Crippen LogP contribution is -2.37. The molecule has 1 aromatic rings. The van der Waals surface area contributed by atoms with Crippen LogP contribution in [-0.2, 0) is 11.3 Å². The van der Waals surface area contributed by atoms with Gasteiger partial charge in [-0.1, -0.05) is 48.2 Å². The molecule has 2 rings (SSSR count). The van der Waals surface area contributed by atoms with E-state index in [0.717, 1.165) is 36.9 Å². The molecule has 1 saturated heterocycles. The predicted octanol–water partition coefficient (Wildman–Crippen LogP) is 6.37. The van der Waals surface area contributed by atoms with Gasteiger partial charge in [0.15, 0.2) is 0 Å². The summed E-state index contributed by atoms with van der Waals surface area (Å²) in [7, 11) is 0. The van der Waals surface area contributed by atoms with Gasteiger partial charge in [0.25, 0.3) is 0 Å². The summed E-state index contributed by atoms with van der Waals surface area (Å²) < 4.78 is 6.77. The standard InChI is InChI=1S/C22H35BrN2O2/c1-5-6-7-8-15-25(21(26)27-22(2,3)4)17-18-11-12-19(23)16-20(18)24-13-9-10-14-24/h11-12,16H,5-10,13-15,17H2,1-4H3. The molecule has 5 heteroatoms. The third-order valence-electron chi connectivity index (χ3n) is 4.79. The second-order valence-corrected chi connectivity index (χ2v) is 9.35. The van der Waals surface area contributed by atoms with Gasteiger partial charge in [0.1, 0.15) is 5.60 Å². The van der Waals surface area contributed by atoms with E-state index in [1.807, 2.05) is 25.7 Å². The Morgan fingerprint density at radius 3 is 2.52 bits per heavy atom. The predicted molar refractivity (Wildman–Crippen MR) is 116 cm³/mol. The van der Waals surface area contributed by atoms with Crippen LogP contribution in [0.5, 0.6) is 0 Å². The average Bonchev–Trinajstić information content (AvgIpc) is 3.11. The number of amides is 1. The van der Waals surface area contributed by atoms with Crippen LogP contribution in [-0.4, -0.2) is 36.2 Å². The summed E-state index contributed by atoms with van der Waals surface area (Å²) in [6.45, 7) is 11.5. The highest BCUT2D eigenvalue weighted by Crippen LogP contribution is 2.29.